The van der Waals surface area contributed by atoms with Gasteiger partial charge in [-0.25, -0.2) is 0 Å². The molecular formula is C51H92NO8P. The number of carbonyl (C=O) groups excluding carboxylic acids is 2. The van der Waals surface area contributed by atoms with Gasteiger partial charge < -0.3 is 27.9 Å². The van der Waals surface area contributed by atoms with E-state index in [1.165, 1.54) is 83.5 Å². The first-order valence-electron chi connectivity index (χ1n) is 24.5. The van der Waals surface area contributed by atoms with Crippen molar-refractivity contribution in [1.82, 2.24) is 0 Å². The van der Waals surface area contributed by atoms with Crippen LogP contribution in [0.25, 0.3) is 0 Å². The molecule has 0 saturated heterocycles. The Morgan fingerprint density at radius 3 is 1.39 bits per heavy atom. The zero-order valence-corrected chi connectivity index (χ0v) is 40.7. The van der Waals surface area contributed by atoms with Crippen molar-refractivity contribution < 1.29 is 42.1 Å². The van der Waals surface area contributed by atoms with E-state index < -0.39 is 26.5 Å². The number of nitrogens with zero attached hydrogens (tertiary/aromatic N) is 1. The largest absolute Gasteiger partial charge is 0.756 e. The van der Waals surface area contributed by atoms with Crippen LogP contribution in [0.4, 0.5) is 0 Å². The highest BCUT2D eigenvalue weighted by molar-refractivity contribution is 7.45. The Labute approximate surface area is 375 Å². The van der Waals surface area contributed by atoms with Gasteiger partial charge in [0.2, 0.25) is 0 Å². The number of carbonyl (C=O) groups is 2. The van der Waals surface area contributed by atoms with Gasteiger partial charge in [0.25, 0.3) is 7.82 Å². The van der Waals surface area contributed by atoms with Crippen molar-refractivity contribution in [3.05, 3.63) is 60.8 Å². The van der Waals surface area contributed by atoms with E-state index in [1.807, 2.05) is 21.1 Å². The van der Waals surface area contributed by atoms with Gasteiger partial charge in [0.15, 0.2) is 6.10 Å². The SMILES string of the molecule is CC/C=C\C/C=C\C/C=C\C/C=C\C/C=C\CCCCCCCC(=O)OC(COC(=O)CCCCCCCCCCCCCCCCCC)COP(=O)([O-])OCC[N+](C)(C)C. The molecule has 0 fully saturated rings. The van der Waals surface area contributed by atoms with E-state index in [0.29, 0.717) is 17.4 Å². The molecule has 10 heteroatoms. The van der Waals surface area contributed by atoms with Crippen molar-refractivity contribution in [2.75, 3.05) is 47.5 Å². The molecule has 2 atom stereocenters. The summed E-state index contributed by atoms with van der Waals surface area (Å²) in [6, 6.07) is 0. The van der Waals surface area contributed by atoms with E-state index in [1.54, 1.807) is 0 Å². The summed E-state index contributed by atoms with van der Waals surface area (Å²) in [5.41, 5.74) is 0. The van der Waals surface area contributed by atoms with E-state index >= 15 is 0 Å². The van der Waals surface area contributed by atoms with Crippen LogP contribution in [0.5, 0.6) is 0 Å². The van der Waals surface area contributed by atoms with E-state index in [9.17, 15) is 19.0 Å². The van der Waals surface area contributed by atoms with E-state index in [4.69, 9.17) is 18.5 Å². The highest BCUT2D eigenvalue weighted by Gasteiger charge is 2.21. The molecule has 0 rings (SSSR count). The third-order valence-corrected chi connectivity index (χ3v) is 11.3. The molecule has 2 unspecified atom stereocenters. The molecule has 0 aliphatic rings. The minimum Gasteiger partial charge on any atom is -0.756 e. The number of esters is 2. The first-order valence-corrected chi connectivity index (χ1v) is 26.0. The van der Waals surface area contributed by atoms with Crippen LogP contribution >= 0.6 is 7.82 Å². The molecule has 0 aliphatic carbocycles. The number of phosphoric ester groups is 1. The Morgan fingerprint density at radius 2 is 0.934 bits per heavy atom. The number of unbranched alkanes of at least 4 members (excludes halogenated alkanes) is 20. The Morgan fingerprint density at radius 1 is 0.525 bits per heavy atom. The molecule has 0 heterocycles. The van der Waals surface area contributed by atoms with Gasteiger partial charge in [0, 0.05) is 12.8 Å². The van der Waals surface area contributed by atoms with Crippen molar-refractivity contribution >= 4 is 19.8 Å². The summed E-state index contributed by atoms with van der Waals surface area (Å²) in [4.78, 5) is 37.7. The lowest BCUT2D eigenvalue weighted by atomic mass is 10.0. The number of hydrogen-bond acceptors (Lipinski definition) is 8. The quantitative estimate of drug-likeness (QED) is 0.0196. The third-order valence-electron chi connectivity index (χ3n) is 10.3. The molecule has 0 radical (unpaired) electrons. The van der Waals surface area contributed by atoms with Crippen molar-refractivity contribution in [3.8, 4) is 0 Å². The smallest absolute Gasteiger partial charge is 0.306 e. The second-order valence-corrected chi connectivity index (χ2v) is 18.9. The van der Waals surface area contributed by atoms with E-state index in [2.05, 4.69) is 74.6 Å². The summed E-state index contributed by atoms with van der Waals surface area (Å²) >= 11 is 0. The number of rotatable bonds is 44. The van der Waals surface area contributed by atoms with Crippen LogP contribution in [0.3, 0.4) is 0 Å². The number of likely N-dealkylation sites (N-methyl/N-ethyl adjacent to an activating group) is 1. The predicted molar refractivity (Wildman–Crippen MR) is 254 cm³/mol. The normalized spacial score (nSPS) is 14.0. The molecule has 9 nitrogen and oxygen atoms in total. The molecule has 0 spiro atoms. The summed E-state index contributed by atoms with van der Waals surface area (Å²) in [7, 11) is 1.15. The Balaban J connectivity index is 4.33. The molecule has 0 aromatic carbocycles. The van der Waals surface area contributed by atoms with Crippen LogP contribution in [0.2, 0.25) is 0 Å². The molecule has 0 N–H and O–H groups in total. The van der Waals surface area contributed by atoms with Crippen LogP contribution in [-0.2, 0) is 32.7 Å². The fraction of sp³-hybridized carbons (Fsp3) is 0.765. The summed E-state index contributed by atoms with van der Waals surface area (Å²) in [6.07, 6.45) is 52.4. The van der Waals surface area contributed by atoms with Crippen molar-refractivity contribution in [2.45, 2.75) is 206 Å². The lowest BCUT2D eigenvalue weighted by Crippen LogP contribution is -2.37. The van der Waals surface area contributed by atoms with Crippen LogP contribution in [0.1, 0.15) is 200 Å². The lowest BCUT2D eigenvalue weighted by Gasteiger charge is -2.28. The molecule has 0 saturated carbocycles. The average Bonchev–Trinajstić information content (AvgIpc) is 3.21. The second kappa shape index (κ2) is 43.0. The summed E-state index contributed by atoms with van der Waals surface area (Å²) in [5, 5.41) is 0. The maximum atomic E-state index is 12.7. The number of ether oxygens (including phenoxy) is 2. The second-order valence-electron chi connectivity index (χ2n) is 17.5. The fourth-order valence-corrected chi connectivity index (χ4v) is 7.23. The van der Waals surface area contributed by atoms with Gasteiger partial charge in [-0.2, -0.15) is 0 Å². The average molecular weight is 878 g/mol. The van der Waals surface area contributed by atoms with Gasteiger partial charge in [0.05, 0.1) is 27.7 Å². The van der Waals surface area contributed by atoms with Crippen LogP contribution < -0.4 is 4.89 Å². The van der Waals surface area contributed by atoms with Crippen molar-refractivity contribution in [3.63, 3.8) is 0 Å². The van der Waals surface area contributed by atoms with Crippen molar-refractivity contribution in [1.29, 1.82) is 0 Å². The van der Waals surface area contributed by atoms with Crippen LogP contribution in [-0.4, -0.2) is 70.0 Å². The summed E-state index contributed by atoms with van der Waals surface area (Å²) in [5.74, 6) is -0.853. The Bertz CT molecular complexity index is 1220. The van der Waals surface area contributed by atoms with Gasteiger partial charge in [-0.1, -0.05) is 190 Å². The van der Waals surface area contributed by atoms with Gasteiger partial charge in [-0.15, -0.1) is 0 Å². The molecule has 354 valence electrons. The molecule has 0 aromatic rings. The van der Waals surface area contributed by atoms with Gasteiger partial charge in [0.1, 0.15) is 19.8 Å². The molecular weight excluding hydrogens is 786 g/mol. The molecule has 61 heavy (non-hydrogen) atoms. The van der Waals surface area contributed by atoms with Crippen LogP contribution in [0, 0.1) is 0 Å². The summed E-state index contributed by atoms with van der Waals surface area (Å²) < 4.78 is 34.0. The van der Waals surface area contributed by atoms with Crippen LogP contribution in [0.15, 0.2) is 60.8 Å². The number of phosphoric acid groups is 1. The Kier molecular flexibility index (Phi) is 41.4. The Hall–Kier alpha value is -2.29. The topological polar surface area (TPSA) is 111 Å². The summed E-state index contributed by atoms with van der Waals surface area (Å²) in [6.45, 7) is 4.10. The minimum absolute atomic E-state index is 0.0364. The maximum Gasteiger partial charge on any atom is 0.306 e. The van der Waals surface area contributed by atoms with Gasteiger partial charge >= 0.3 is 11.9 Å². The highest BCUT2D eigenvalue weighted by Crippen LogP contribution is 2.38. The zero-order chi connectivity index (χ0) is 45.0. The van der Waals surface area contributed by atoms with Gasteiger partial charge in [-0.3, -0.25) is 14.2 Å². The molecule has 0 aliphatic heterocycles. The van der Waals surface area contributed by atoms with E-state index in [0.717, 1.165) is 83.5 Å². The highest BCUT2D eigenvalue weighted by atomic mass is 31.2. The molecule has 0 aromatic heterocycles. The van der Waals surface area contributed by atoms with Crippen molar-refractivity contribution in [2.24, 2.45) is 0 Å². The first-order chi connectivity index (χ1) is 29.5. The molecule has 0 amide bonds. The number of quaternary nitrogens is 1. The number of allylic oxidation sites excluding steroid dienone is 10. The minimum atomic E-state index is -4.64. The standard InChI is InChI=1S/C51H92NO8P/c1-6-8-10-12-14-16-18-20-22-24-25-26-27-28-30-32-34-36-38-40-42-44-51(54)60-49(48-59-61(55,56)58-46-45-52(3,4)5)47-57-50(53)43-41-39-37-35-33-31-29-23-21-19-17-15-13-11-9-7-2/h8,10,14,16,20,22,25-26,28,30,49H,6-7,9,11-13,15,17-19,21,23-24,27,29,31-48H2,1-5H3/b10-8-,16-14-,22-20-,26-25-,30-28-. The first kappa shape index (κ1) is 58.7. The zero-order valence-electron chi connectivity index (χ0n) is 39.8. The van der Waals surface area contributed by atoms with E-state index in [-0.39, 0.29) is 32.0 Å². The maximum absolute atomic E-state index is 12.7. The third kappa shape index (κ3) is 47.0. The monoisotopic (exact) mass is 878 g/mol. The lowest BCUT2D eigenvalue weighted by molar-refractivity contribution is -0.870. The predicted octanol–water partition coefficient (Wildman–Crippen LogP) is 13.8. The van der Waals surface area contributed by atoms with Gasteiger partial charge in [-0.05, 0) is 57.8 Å². The fourth-order valence-electron chi connectivity index (χ4n) is 6.51. The molecule has 0 bridgehead atoms. The number of hydrogen-bond donors (Lipinski definition) is 0.